The van der Waals surface area contributed by atoms with E-state index in [1.54, 1.807) is 28.1 Å². The number of nitrogens with two attached hydrogens (primary N) is 2. The number of ether oxygens (including phenoxy) is 4. The van der Waals surface area contributed by atoms with Gasteiger partial charge in [0.15, 0.2) is 23.4 Å². The lowest BCUT2D eigenvalue weighted by molar-refractivity contribution is -0.147. The number of carbonyl (C=O) groups is 3. The molecule has 1 aromatic carbocycles. The number of nitrogens with one attached hydrogen (secondary N) is 1. The lowest BCUT2D eigenvalue weighted by Crippen LogP contribution is -2.46. The molecule has 0 radical (unpaired) electrons. The molecule has 0 saturated carbocycles. The molecule has 51 heavy (non-hydrogen) atoms. The Labute approximate surface area is 301 Å². The van der Waals surface area contributed by atoms with Gasteiger partial charge in [0.2, 0.25) is 17.6 Å². The zero-order chi connectivity index (χ0) is 39.1. The summed E-state index contributed by atoms with van der Waals surface area (Å²) in [5.41, 5.74) is 12.2. The largest absolute Gasteiger partial charge is 0.505 e. The molecule has 0 aromatic heterocycles. The molecule has 0 aliphatic carbocycles. The molecule has 15 heteroatoms. The van der Waals surface area contributed by atoms with Crippen molar-refractivity contribution in [2.45, 2.75) is 91.6 Å². The van der Waals surface area contributed by atoms with Gasteiger partial charge in [-0.15, -0.1) is 0 Å². The molecular weight excluding hydrogens is 666 g/mol. The van der Waals surface area contributed by atoms with E-state index < -0.39 is 65.7 Å². The molecule has 1 aliphatic heterocycles. The van der Waals surface area contributed by atoms with Crippen molar-refractivity contribution in [3.63, 3.8) is 0 Å². The van der Waals surface area contributed by atoms with Crippen LogP contribution >= 0.6 is 0 Å². The Hall–Kier alpha value is -3.63. The molecule has 1 heterocycles. The monoisotopic (exact) mass is 727 g/mol. The fourth-order valence-electron chi connectivity index (χ4n) is 5.21. The maximum Gasteiger partial charge on any atom is 0.377 e. The van der Waals surface area contributed by atoms with Gasteiger partial charge < -0.3 is 61.3 Å². The standard InChI is InChI=1S/C30H53N3O6.C6H8O6/c1-19(2)22(14-21-10-11-26(38-8)27(15-21)39-13-9-12-37-7)16-24(31)25(34)17-23(20(3)4)28(35)33-18-30(5,6)29(32)36;7-1-2(8)5-3(9)4(10)6(11)12-5/h10-11,15,19-20,22-25,34H,9,12-14,16-18,31H2,1-8H3,(H2,32,36)(H,33,35);2,5,7-10H,1H2/t22-,23-,24-,25-;2-,5+/m00/s1. The molecule has 1 aromatic rings. The molecule has 2 amide bonds. The van der Waals surface area contributed by atoms with E-state index in [2.05, 4.69) is 23.9 Å². The maximum atomic E-state index is 12.9. The third-order valence-electron chi connectivity index (χ3n) is 8.97. The number of rotatable bonds is 21. The lowest BCUT2D eigenvalue weighted by Gasteiger charge is -2.30. The molecule has 0 fully saturated rings. The summed E-state index contributed by atoms with van der Waals surface area (Å²) in [6.07, 6.45) is -1.22. The van der Waals surface area contributed by atoms with Crippen LogP contribution < -0.4 is 26.3 Å². The van der Waals surface area contributed by atoms with Crippen molar-refractivity contribution < 1.29 is 58.9 Å². The Morgan fingerprint density at radius 3 is 2.16 bits per heavy atom. The SMILES string of the molecule is COCCCOc1cc(C[C@@H](C[C@H](N)[C@@H](O)C[C@H](C(=O)NCC(C)(C)C(N)=O)C(C)C)C(C)C)ccc1OC.O=C1O[C@H]([C@@H](O)CO)C(O)=C1O. The summed E-state index contributed by atoms with van der Waals surface area (Å²) < 4.78 is 20.8. The van der Waals surface area contributed by atoms with Gasteiger partial charge in [-0.25, -0.2) is 4.79 Å². The van der Waals surface area contributed by atoms with E-state index in [0.717, 1.165) is 18.4 Å². The predicted octanol–water partition coefficient (Wildman–Crippen LogP) is 1.89. The smallest absolute Gasteiger partial charge is 0.377 e. The Bertz CT molecular complexity index is 1290. The molecule has 15 nitrogen and oxygen atoms in total. The normalized spacial score (nSPS) is 17.6. The average Bonchev–Trinajstić information content (AvgIpc) is 3.34. The summed E-state index contributed by atoms with van der Waals surface area (Å²) in [5.74, 6) is -1.99. The first kappa shape index (κ1) is 45.4. The number of hydrogen-bond donors (Lipinski definition) is 8. The Morgan fingerprint density at radius 1 is 1.02 bits per heavy atom. The van der Waals surface area contributed by atoms with Crippen LogP contribution in [0.2, 0.25) is 0 Å². The number of hydrogen-bond acceptors (Lipinski definition) is 13. The number of amides is 2. The van der Waals surface area contributed by atoms with Gasteiger partial charge >= 0.3 is 5.97 Å². The van der Waals surface area contributed by atoms with Crippen LogP contribution in [0.25, 0.3) is 0 Å². The summed E-state index contributed by atoms with van der Waals surface area (Å²) in [6.45, 7) is 12.2. The topological polar surface area (TPSA) is 253 Å². The van der Waals surface area contributed by atoms with Crippen LogP contribution in [0.3, 0.4) is 0 Å². The summed E-state index contributed by atoms with van der Waals surface area (Å²) in [6, 6.07) is 5.47. The third kappa shape index (κ3) is 14.5. The minimum Gasteiger partial charge on any atom is -0.505 e. The highest BCUT2D eigenvalue weighted by atomic mass is 16.6. The number of benzene rings is 1. The molecule has 292 valence electrons. The van der Waals surface area contributed by atoms with Crippen molar-refractivity contribution in [1.82, 2.24) is 5.32 Å². The van der Waals surface area contributed by atoms with Crippen LogP contribution in [-0.4, -0.2) is 108 Å². The molecule has 0 unspecified atom stereocenters. The first-order chi connectivity index (χ1) is 23.8. The summed E-state index contributed by atoms with van der Waals surface area (Å²) in [7, 11) is 3.29. The molecule has 0 saturated heterocycles. The Balaban J connectivity index is 0.000000907. The number of cyclic esters (lactones) is 1. The number of carbonyl (C=O) groups excluding carboxylic acids is 3. The fraction of sp³-hybridized carbons (Fsp3) is 0.694. The zero-order valence-corrected chi connectivity index (χ0v) is 31.3. The van der Waals surface area contributed by atoms with Crippen molar-refractivity contribution in [3.05, 3.63) is 35.3 Å². The summed E-state index contributed by atoms with van der Waals surface area (Å²) in [5, 5.41) is 48.9. The van der Waals surface area contributed by atoms with Gasteiger partial charge in [0.25, 0.3) is 0 Å². The number of aliphatic hydroxyl groups is 5. The highest BCUT2D eigenvalue weighted by molar-refractivity contribution is 5.89. The Kier molecular flexibility index (Phi) is 19.3. The third-order valence-corrected chi connectivity index (χ3v) is 8.97. The molecule has 2 rings (SSSR count). The van der Waals surface area contributed by atoms with Gasteiger partial charge in [-0.1, -0.05) is 33.8 Å². The molecule has 1 aliphatic rings. The van der Waals surface area contributed by atoms with Gasteiger partial charge in [0.05, 0.1) is 31.8 Å². The average molecular weight is 728 g/mol. The summed E-state index contributed by atoms with van der Waals surface area (Å²) in [4.78, 5) is 35.1. The number of aliphatic hydroxyl groups excluding tert-OH is 5. The second-order valence-electron chi connectivity index (χ2n) is 14.2. The highest BCUT2D eigenvalue weighted by Gasteiger charge is 2.39. The molecular formula is C36H61N3O12. The predicted molar refractivity (Wildman–Crippen MR) is 190 cm³/mol. The zero-order valence-electron chi connectivity index (χ0n) is 31.3. The van der Waals surface area contributed by atoms with E-state index in [4.69, 9.17) is 46.1 Å². The van der Waals surface area contributed by atoms with Gasteiger partial charge in [-0.2, -0.15) is 0 Å². The van der Waals surface area contributed by atoms with Crippen molar-refractivity contribution in [1.29, 1.82) is 0 Å². The van der Waals surface area contributed by atoms with Crippen molar-refractivity contribution in [2.24, 2.45) is 40.6 Å². The first-order valence-electron chi connectivity index (χ1n) is 17.2. The lowest BCUT2D eigenvalue weighted by atomic mass is 9.80. The van der Waals surface area contributed by atoms with E-state index in [-0.39, 0.29) is 30.7 Å². The minimum atomic E-state index is -1.42. The van der Waals surface area contributed by atoms with Crippen molar-refractivity contribution in [3.8, 4) is 11.5 Å². The highest BCUT2D eigenvalue weighted by Crippen LogP contribution is 2.32. The number of esters is 1. The van der Waals surface area contributed by atoms with Crippen molar-refractivity contribution in [2.75, 3.05) is 40.6 Å². The van der Waals surface area contributed by atoms with Crippen LogP contribution in [0.5, 0.6) is 11.5 Å². The van der Waals surface area contributed by atoms with Gasteiger partial charge in [0, 0.05) is 38.6 Å². The van der Waals surface area contributed by atoms with Crippen LogP contribution in [0.1, 0.15) is 66.4 Å². The number of methoxy groups -OCH3 is 2. The van der Waals surface area contributed by atoms with E-state index >= 15 is 0 Å². The maximum absolute atomic E-state index is 12.9. The van der Waals surface area contributed by atoms with E-state index in [1.807, 2.05) is 32.0 Å². The van der Waals surface area contributed by atoms with Crippen LogP contribution in [0, 0.1) is 29.1 Å². The molecule has 0 spiro atoms. The van der Waals surface area contributed by atoms with Crippen LogP contribution in [0.4, 0.5) is 0 Å². The molecule has 10 N–H and O–H groups in total. The number of primary amides is 1. The summed E-state index contributed by atoms with van der Waals surface area (Å²) >= 11 is 0. The minimum absolute atomic E-state index is 0.00829. The van der Waals surface area contributed by atoms with Crippen LogP contribution in [0.15, 0.2) is 29.7 Å². The van der Waals surface area contributed by atoms with E-state index in [9.17, 15) is 19.5 Å². The van der Waals surface area contributed by atoms with Gasteiger partial charge in [0.1, 0.15) is 6.10 Å². The van der Waals surface area contributed by atoms with Crippen LogP contribution in [-0.2, 0) is 30.3 Å². The fourth-order valence-corrected chi connectivity index (χ4v) is 5.21. The quantitative estimate of drug-likeness (QED) is 0.0666. The van der Waals surface area contributed by atoms with Crippen molar-refractivity contribution >= 4 is 17.8 Å². The van der Waals surface area contributed by atoms with Gasteiger partial charge in [-0.3, -0.25) is 9.59 Å². The molecule has 6 atom stereocenters. The van der Waals surface area contributed by atoms with Gasteiger partial charge in [-0.05, 0) is 68.6 Å². The second kappa shape index (κ2) is 21.7. The second-order valence-corrected chi connectivity index (χ2v) is 14.2. The Morgan fingerprint density at radius 2 is 1.67 bits per heavy atom. The van der Waals surface area contributed by atoms with E-state index in [0.29, 0.717) is 37.1 Å². The first-order valence-corrected chi connectivity index (χ1v) is 17.2. The van der Waals surface area contributed by atoms with E-state index in [1.165, 1.54) is 0 Å². The molecule has 0 bridgehead atoms.